The van der Waals surface area contributed by atoms with Crippen molar-refractivity contribution >= 4 is 23.4 Å². The molecule has 1 atom stereocenters. The molecule has 3 aliphatic rings. The number of aliphatic hydroxyl groups excluding tert-OH is 1. The van der Waals surface area contributed by atoms with Crippen molar-refractivity contribution in [2.75, 3.05) is 32.8 Å². The van der Waals surface area contributed by atoms with Crippen LogP contribution in [0.3, 0.4) is 0 Å². The Labute approximate surface area is 202 Å². The molecule has 3 fully saturated rings. The predicted octanol–water partition coefficient (Wildman–Crippen LogP) is 4.12. The first-order valence-electron chi connectivity index (χ1n) is 12.4. The smallest absolute Gasteiger partial charge is 0.223 e. The molecule has 1 aliphatic carbocycles. The second-order valence-electron chi connectivity index (χ2n) is 10.5. The highest BCUT2D eigenvalue weighted by Crippen LogP contribution is 2.38. The first-order chi connectivity index (χ1) is 15.7. The number of nitrogens with zero attached hydrogens (tertiary/aromatic N) is 2. The summed E-state index contributed by atoms with van der Waals surface area (Å²) in [5, 5.41) is 10.6. The van der Waals surface area contributed by atoms with Crippen molar-refractivity contribution in [1.29, 1.82) is 0 Å². The van der Waals surface area contributed by atoms with Crippen molar-refractivity contribution in [2.24, 2.45) is 11.3 Å². The number of aryl methyl sites for hydroxylation is 2. The number of carbonyl (C=O) groups excluding carboxylic acids is 2. The van der Waals surface area contributed by atoms with Crippen LogP contribution in [0.25, 0.3) is 0 Å². The van der Waals surface area contributed by atoms with Crippen LogP contribution in [0.5, 0.6) is 5.75 Å². The van der Waals surface area contributed by atoms with Gasteiger partial charge < -0.3 is 19.6 Å². The molecular formula is C26H37ClN2O4. The second-order valence-corrected chi connectivity index (χ2v) is 10.9. The van der Waals surface area contributed by atoms with Crippen LogP contribution in [0.4, 0.5) is 0 Å². The summed E-state index contributed by atoms with van der Waals surface area (Å²) in [5.41, 5.74) is 1.52. The fraction of sp³-hybridized carbons (Fsp3) is 0.692. The third kappa shape index (κ3) is 6.21. The number of halogens is 1. The van der Waals surface area contributed by atoms with Crippen LogP contribution in [0.15, 0.2) is 12.1 Å². The van der Waals surface area contributed by atoms with Gasteiger partial charge in [-0.1, -0.05) is 11.6 Å². The van der Waals surface area contributed by atoms with E-state index in [1.165, 1.54) is 0 Å². The molecule has 7 heteroatoms. The Morgan fingerprint density at radius 1 is 1.06 bits per heavy atom. The summed E-state index contributed by atoms with van der Waals surface area (Å²) in [5.74, 6) is 1.62. The highest BCUT2D eigenvalue weighted by molar-refractivity contribution is 6.32. The van der Waals surface area contributed by atoms with Gasteiger partial charge >= 0.3 is 0 Å². The molecule has 1 aromatic carbocycles. The SMILES string of the molecule is Cc1cc(OC[C@@]2(CC(=O)N3CCC(O)CC3)CCCN(C(=O)CC3CC3)C2)cc(C)c1Cl. The average molecular weight is 477 g/mol. The molecule has 6 nitrogen and oxygen atoms in total. The summed E-state index contributed by atoms with van der Waals surface area (Å²) in [6.07, 6.45) is 5.98. The zero-order chi connectivity index (χ0) is 23.6. The summed E-state index contributed by atoms with van der Waals surface area (Å²) in [7, 11) is 0. The molecule has 2 heterocycles. The maximum Gasteiger partial charge on any atom is 0.223 e. The van der Waals surface area contributed by atoms with E-state index in [4.69, 9.17) is 16.3 Å². The number of hydrogen-bond donors (Lipinski definition) is 1. The summed E-state index contributed by atoms with van der Waals surface area (Å²) in [4.78, 5) is 30.0. The van der Waals surface area contributed by atoms with Crippen LogP contribution in [0, 0.1) is 25.2 Å². The minimum atomic E-state index is -0.411. The molecule has 2 amide bonds. The van der Waals surface area contributed by atoms with Crippen molar-refractivity contribution in [1.82, 2.24) is 9.80 Å². The number of benzene rings is 1. The lowest BCUT2D eigenvalue weighted by Gasteiger charge is -2.43. The molecule has 2 aliphatic heterocycles. The lowest BCUT2D eigenvalue weighted by Crippen LogP contribution is -2.51. The van der Waals surface area contributed by atoms with E-state index in [1.54, 1.807) is 0 Å². The number of likely N-dealkylation sites (tertiary alicyclic amines) is 2. The number of hydrogen-bond acceptors (Lipinski definition) is 4. The lowest BCUT2D eigenvalue weighted by atomic mass is 9.77. The van der Waals surface area contributed by atoms with Gasteiger partial charge in [0.15, 0.2) is 0 Å². The second kappa shape index (κ2) is 10.2. The zero-order valence-corrected chi connectivity index (χ0v) is 20.7. The molecule has 33 heavy (non-hydrogen) atoms. The van der Waals surface area contributed by atoms with Crippen molar-refractivity contribution in [3.63, 3.8) is 0 Å². The molecule has 0 radical (unpaired) electrons. The third-order valence-corrected chi connectivity index (χ3v) is 8.07. The van der Waals surface area contributed by atoms with Crippen LogP contribution >= 0.6 is 11.6 Å². The summed E-state index contributed by atoms with van der Waals surface area (Å²) in [6, 6.07) is 3.88. The maximum absolute atomic E-state index is 13.3. The third-order valence-electron chi connectivity index (χ3n) is 7.47. The topological polar surface area (TPSA) is 70.1 Å². The van der Waals surface area contributed by atoms with E-state index < -0.39 is 5.41 Å². The molecule has 0 aromatic heterocycles. The van der Waals surface area contributed by atoms with Crippen LogP contribution in [-0.2, 0) is 9.59 Å². The van der Waals surface area contributed by atoms with Crippen molar-refractivity contribution in [2.45, 2.75) is 71.3 Å². The summed E-state index contributed by atoms with van der Waals surface area (Å²) < 4.78 is 6.28. The Morgan fingerprint density at radius 2 is 1.73 bits per heavy atom. The minimum Gasteiger partial charge on any atom is -0.493 e. The Bertz CT molecular complexity index is 856. The molecular weight excluding hydrogens is 440 g/mol. The average Bonchev–Trinajstić information content (AvgIpc) is 3.60. The van der Waals surface area contributed by atoms with E-state index >= 15 is 0 Å². The highest BCUT2D eigenvalue weighted by atomic mass is 35.5. The van der Waals surface area contributed by atoms with Crippen LogP contribution in [0.1, 0.15) is 62.5 Å². The van der Waals surface area contributed by atoms with E-state index in [9.17, 15) is 14.7 Å². The number of aliphatic hydroxyl groups is 1. The Hall–Kier alpha value is -1.79. The molecule has 1 saturated carbocycles. The van der Waals surface area contributed by atoms with Gasteiger partial charge in [-0.3, -0.25) is 9.59 Å². The standard InChI is InChI=1S/C26H37ClN2O4/c1-18-12-22(13-19(2)25(18)27)33-17-26(15-24(32)28-10-6-21(30)7-11-28)8-3-9-29(16-26)23(31)14-20-4-5-20/h12-13,20-21,30H,3-11,14-17H2,1-2H3/t26-/m1/s1. The largest absolute Gasteiger partial charge is 0.493 e. The molecule has 1 aromatic rings. The number of rotatable bonds is 7. The number of carbonyl (C=O) groups is 2. The molecule has 0 spiro atoms. The van der Waals surface area contributed by atoms with Gasteiger partial charge in [0.1, 0.15) is 5.75 Å². The van der Waals surface area contributed by atoms with Gasteiger partial charge in [0, 0.05) is 49.5 Å². The first kappa shape index (κ1) is 24.3. The molecule has 182 valence electrons. The molecule has 0 unspecified atom stereocenters. The fourth-order valence-electron chi connectivity index (χ4n) is 5.21. The molecule has 2 saturated heterocycles. The predicted molar refractivity (Wildman–Crippen MR) is 128 cm³/mol. The number of ether oxygens (including phenoxy) is 1. The van der Waals surface area contributed by atoms with Crippen LogP contribution in [0.2, 0.25) is 5.02 Å². The van der Waals surface area contributed by atoms with Gasteiger partial charge in [-0.05, 0) is 81.5 Å². The monoisotopic (exact) mass is 476 g/mol. The van der Waals surface area contributed by atoms with E-state index in [-0.39, 0.29) is 17.9 Å². The van der Waals surface area contributed by atoms with Crippen LogP contribution in [-0.4, -0.2) is 65.6 Å². The number of amides is 2. The zero-order valence-electron chi connectivity index (χ0n) is 19.9. The van der Waals surface area contributed by atoms with E-state index in [1.807, 2.05) is 35.8 Å². The first-order valence-corrected chi connectivity index (χ1v) is 12.8. The van der Waals surface area contributed by atoms with Crippen molar-refractivity contribution in [3.05, 3.63) is 28.3 Å². The maximum atomic E-state index is 13.3. The Balaban J connectivity index is 1.49. The number of piperidine rings is 2. The molecule has 0 bridgehead atoms. The minimum absolute atomic E-state index is 0.102. The Morgan fingerprint density at radius 3 is 2.36 bits per heavy atom. The van der Waals surface area contributed by atoms with E-state index in [2.05, 4.69) is 0 Å². The van der Waals surface area contributed by atoms with E-state index in [0.717, 1.165) is 54.1 Å². The molecule has 1 N–H and O–H groups in total. The van der Waals surface area contributed by atoms with Gasteiger partial charge in [-0.15, -0.1) is 0 Å². The van der Waals surface area contributed by atoms with E-state index in [0.29, 0.717) is 57.8 Å². The fourth-order valence-corrected chi connectivity index (χ4v) is 5.31. The van der Waals surface area contributed by atoms with Gasteiger partial charge in [0.05, 0.1) is 12.7 Å². The molecule has 4 rings (SSSR count). The van der Waals surface area contributed by atoms with Gasteiger partial charge in [0.25, 0.3) is 0 Å². The van der Waals surface area contributed by atoms with Gasteiger partial charge in [0.2, 0.25) is 11.8 Å². The van der Waals surface area contributed by atoms with Gasteiger partial charge in [-0.2, -0.15) is 0 Å². The summed E-state index contributed by atoms with van der Waals surface area (Å²) in [6.45, 7) is 6.83. The van der Waals surface area contributed by atoms with Gasteiger partial charge in [-0.25, -0.2) is 0 Å². The normalized spacial score (nSPS) is 24.1. The van der Waals surface area contributed by atoms with Crippen LogP contribution < -0.4 is 4.74 Å². The summed E-state index contributed by atoms with van der Waals surface area (Å²) >= 11 is 6.32. The highest BCUT2D eigenvalue weighted by Gasteiger charge is 2.42. The van der Waals surface area contributed by atoms with Crippen molar-refractivity contribution < 1.29 is 19.4 Å². The van der Waals surface area contributed by atoms with Crippen molar-refractivity contribution in [3.8, 4) is 5.75 Å². The Kier molecular flexibility index (Phi) is 7.54. The lowest BCUT2D eigenvalue weighted by molar-refractivity contribution is -0.142. The quantitative estimate of drug-likeness (QED) is 0.642.